The normalized spacial score (nSPS) is 18.4. The minimum absolute atomic E-state index is 0.683. The highest BCUT2D eigenvalue weighted by molar-refractivity contribution is 8.16. The first-order valence-corrected chi connectivity index (χ1v) is 7.17. The van der Waals surface area contributed by atoms with Gasteiger partial charge in [0.1, 0.15) is 0 Å². The van der Waals surface area contributed by atoms with Crippen molar-refractivity contribution in [2.45, 2.75) is 24.9 Å². The molecule has 1 aromatic rings. The SMILES string of the molecule is Cc1cc(C)cc(C2SCCCS2)c1. The molecule has 0 atom stereocenters. The molecule has 0 spiro atoms. The smallest absolute Gasteiger partial charge is 0.0751 e. The molecule has 0 amide bonds. The molecule has 0 bridgehead atoms. The zero-order valence-corrected chi connectivity index (χ0v) is 10.4. The van der Waals surface area contributed by atoms with Gasteiger partial charge in [0.05, 0.1) is 4.58 Å². The van der Waals surface area contributed by atoms with E-state index in [0.717, 1.165) is 0 Å². The molecule has 1 heterocycles. The van der Waals surface area contributed by atoms with Crippen LogP contribution in [0.25, 0.3) is 0 Å². The molecule has 1 aromatic carbocycles. The molecule has 1 aliphatic rings. The lowest BCUT2D eigenvalue weighted by Gasteiger charge is -2.21. The molecule has 2 heteroatoms. The summed E-state index contributed by atoms with van der Waals surface area (Å²) in [6.07, 6.45) is 1.37. The van der Waals surface area contributed by atoms with Crippen LogP contribution in [-0.4, -0.2) is 11.5 Å². The lowest BCUT2D eigenvalue weighted by Crippen LogP contribution is -2.00. The van der Waals surface area contributed by atoms with Gasteiger partial charge in [0.15, 0.2) is 0 Å². The lowest BCUT2D eigenvalue weighted by atomic mass is 10.1. The van der Waals surface area contributed by atoms with Crippen molar-refractivity contribution in [3.63, 3.8) is 0 Å². The van der Waals surface area contributed by atoms with E-state index < -0.39 is 0 Å². The number of thioether (sulfide) groups is 2. The van der Waals surface area contributed by atoms with Crippen molar-refractivity contribution in [2.75, 3.05) is 11.5 Å². The fourth-order valence-electron chi connectivity index (χ4n) is 1.83. The van der Waals surface area contributed by atoms with Crippen molar-refractivity contribution in [3.05, 3.63) is 34.9 Å². The van der Waals surface area contributed by atoms with E-state index in [9.17, 15) is 0 Å². The Morgan fingerprint density at radius 1 is 1.00 bits per heavy atom. The van der Waals surface area contributed by atoms with Crippen LogP contribution in [0.1, 0.15) is 27.7 Å². The average Bonchev–Trinajstić information content (AvgIpc) is 2.18. The third kappa shape index (κ3) is 2.48. The average molecular weight is 224 g/mol. The first-order chi connectivity index (χ1) is 6.75. The Morgan fingerprint density at radius 3 is 2.14 bits per heavy atom. The summed E-state index contributed by atoms with van der Waals surface area (Å²) in [6, 6.07) is 6.92. The van der Waals surface area contributed by atoms with E-state index in [2.05, 4.69) is 55.6 Å². The molecule has 0 N–H and O–H groups in total. The van der Waals surface area contributed by atoms with Crippen LogP contribution >= 0.6 is 23.5 Å². The molecule has 1 fully saturated rings. The molecule has 0 saturated carbocycles. The number of aryl methyl sites for hydroxylation is 2. The van der Waals surface area contributed by atoms with E-state index in [4.69, 9.17) is 0 Å². The molecule has 0 nitrogen and oxygen atoms in total. The number of rotatable bonds is 1. The van der Waals surface area contributed by atoms with Gasteiger partial charge < -0.3 is 0 Å². The largest absolute Gasteiger partial charge is 0.143 e. The molecule has 0 radical (unpaired) electrons. The maximum absolute atomic E-state index is 2.34. The molecule has 14 heavy (non-hydrogen) atoms. The molecule has 0 aromatic heterocycles. The fraction of sp³-hybridized carbons (Fsp3) is 0.500. The van der Waals surface area contributed by atoms with Crippen LogP contribution in [-0.2, 0) is 0 Å². The van der Waals surface area contributed by atoms with Crippen LogP contribution in [0, 0.1) is 13.8 Å². The third-order valence-corrected chi connectivity index (χ3v) is 5.36. The Bertz CT molecular complexity index is 294. The number of hydrogen-bond donors (Lipinski definition) is 0. The van der Waals surface area contributed by atoms with Gasteiger partial charge in [0, 0.05) is 0 Å². The van der Waals surface area contributed by atoms with Crippen LogP contribution in [0.3, 0.4) is 0 Å². The molecule has 2 rings (SSSR count). The highest BCUT2D eigenvalue weighted by Crippen LogP contribution is 2.43. The second kappa shape index (κ2) is 4.63. The first kappa shape index (κ1) is 10.4. The summed E-state index contributed by atoms with van der Waals surface area (Å²) in [7, 11) is 0. The summed E-state index contributed by atoms with van der Waals surface area (Å²) in [6.45, 7) is 4.38. The van der Waals surface area contributed by atoms with Crippen molar-refractivity contribution in [1.82, 2.24) is 0 Å². The predicted octanol–water partition coefficient (Wildman–Crippen LogP) is 4.17. The van der Waals surface area contributed by atoms with E-state index in [1.807, 2.05) is 0 Å². The zero-order valence-electron chi connectivity index (χ0n) is 8.75. The van der Waals surface area contributed by atoms with Crippen LogP contribution in [0.15, 0.2) is 18.2 Å². The number of hydrogen-bond acceptors (Lipinski definition) is 2. The Morgan fingerprint density at radius 2 is 1.57 bits per heavy atom. The molecular weight excluding hydrogens is 208 g/mol. The van der Waals surface area contributed by atoms with E-state index in [0.29, 0.717) is 4.58 Å². The molecule has 1 saturated heterocycles. The summed E-state index contributed by atoms with van der Waals surface area (Å²) >= 11 is 4.19. The Kier molecular flexibility index (Phi) is 3.45. The van der Waals surface area contributed by atoms with Gasteiger partial charge in [0.25, 0.3) is 0 Å². The molecule has 0 aliphatic carbocycles. The van der Waals surface area contributed by atoms with E-state index in [-0.39, 0.29) is 0 Å². The second-order valence-electron chi connectivity index (χ2n) is 3.85. The van der Waals surface area contributed by atoms with Gasteiger partial charge >= 0.3 is 0 Å². The van der Waals surface area contributed by atoms with Crippen LogP contribution < -0.4 is 0 Å². The Labute approximate surface area is 94.9 Å². The van der Waals surface area contributed by atoms with E-state index >= 15 is 0 Å². The highest BCUT2D eigenvalue weighted by atomic mass is 32.2. The zero-order chi connectivity index (χ0) is 9.97. The third-order valence-electron chi connectivity index (χ3n) is 2.34. The van der Waals surface area contributed by atoms with Gasteiger partial charge in [-0.05, 0) is 37.3 Å². The fourth-order valence-corrected chi connectivity index (χ4v) is 4.68. The molecular formula is C12H16S2. The van der Waals surface area contributed by atoms with Gasteiger partial charge in [-0.15, -0.1) is 23.5 Å². The summed E-state index contributed by atoms with van der Waals surface area (Å²) < 4.78 is 0.683. The second-order valence-corrected chi connectivity index (χ2v) is 6.57. The monoisotopic (exact) mass is 224 g/mol. The first-order valence-electron chi connectivity index (χ1n) is 5.07. The maximum Gasteiger partial charge on any atom is 0.0751 e. The molecule has 0 unspecified atom stereocenters. The van der Waals surface area contributed by atoms with Gasteiger partial charge in [-0.3, -0.25) is 0 Å². The molecule has 1 aliphatic heterocycles. The van der Waals surface area contributed by atoms with Gasteiger partial charge in [-0.25, -0.2) is 0 Å². The van der Waals surface area contributed by atoms with Crippen molar-refractivity contribution in [3.8, 4) is 0 Å². The topological polar surface area (TPSA) is 0 Å². The molecule has 76 valence electrons. The minimum Gasteiger partial charge on any atom is -0.143 e. The van der Waals surface area contributed by atoms with Gasteiger partial charge in [-0.1, -0.05) is 29.3 Å². The highest BCUT2D eigenvalue weighted by Gasteiger charge is 2.16. The standard InChI is InChI=1S/C12H16S2/c1-9-6-10(2)8-11(7-9)12-13-4-3-5-14-12/h6-8,12H,3-5H2,1-2H3. The summed E-state index contributed by atoms with van der Waals surface area (Å²) in [5.74, 6) is 2.65. The van der Waals surface area contributed by atoms with E-state index in [1.165, 1.54) is 34.6 Å². The van der Waals surface area contributed by atoms with Gasteiger partial charge in [-0.2, -0.15) is 0 Å². The van der Waals surface area contributed by atoms with Crippen LogP contribution in [0.5, 0.6) is 0 Å². The van der Waals surface area contributed by atoms with Crippen LogP contribution in [0.4, 0.5) is 0 Å². The predicted molar refractivity (Wildman–Crippen MR) is 68.2 cm³/mol. The summed E-state index contributed by atoms with van der Waals surface area (Å²) in [5.41, 5.74) is 4.30. The quantitative estimate of drug-likeness (QED) is 0.702. The summed E-state index contributed by atoms with van der Waals surface area (Å²) in [5, 5.41) is 0. The van der Waals surface area contributed by atoms with Crippen LogP contribution in [0.2, 0.25) is 0 Å². The minimum atomic E-state index is 0.683. The van der Waals surface area contributed by atoms with Crippen molar-refractivity contribution in [1.29, 1.82) is 0 Å². The summed E-state index contributed by atoms with van der Waals surface area (Å²) in [4.78, 5) is 0. The maximum atomic E-state index is 2.34. The number of benzene rings is 1. The Hall–Kier alpha value is -0.0800. The van der Waals surface area contributed by atoms with E-state index in [1.54, 1.807) is 0 Å². The van der Waals surface area contributed by atoms with Crippen molar-refractivity contribution < 1.29 is 0 Å². The van der Waals surface area contributed by atoms with Gasteiger partial charge in [0.2, 0.25) is 0 Å². The lowest BCUT2D eigenvalue weighted by molar-refractivity contribution is 1.10. The Balaban J connectivity index is 2.21. The van der Waals surface area contributed by atoms with Crippen molar-refractivity contribution >= 4 is 23.5 Å². The van der Waals surface area contributed by atoms with Crippen molar-refractivity contribution in [2.24, 2.45) is 0 Å².